The van der Waals surface area contributed by atoms with Crippen LogP contribution in [0.4, 0.5) is 5.69 Å². The number of rotatable bonds is 12. The number of sulfonamides is 1. The van der Waals surface area contributed by atoms with Gasteiger partial charge in [0.25, 0.3) is 0 Å². The van der Waals surface area contributed by atoms with Gasteiger partial charge in [0.05, 0.1) is 11.9 Å². The number of anilines is 1. The minimum atomic E-state index is -3.88. The molecule has 0 aliphatic carbocycles. The smallest absolute Gasteiger partial charge is 0.244 e. The van der Waals surface area contributed by atoms with E-state index < -0.39 is 28.5 Å². The van der Waals surface area contributed by atoms with Gasteiger partial charge in [-0.05, 0) is 42.2 Å². The number of carbonyl (C=O) groups excluding carboxylic acids is 2. The zero-order valence-corrected chi connectivity index (χ0v) is 24.5. The van der Waals surface area contributed by atoms with Gasteiger partial charge in [0.2, 0.25) is 21.8 Å². The number of aryl methyl sites for hydroxylation is 1. The molecule has 3 aromatic carbocycles. The molecule has 1 aliphatic rings. The van der Waals surface area contributed by atoms with Gasteiger partial charge in [-0.3, -0.25) is 13.9 Å². The van der Waals surface area contributed by atoms with E-state index >= 15 is 0 Å². The molecule has 3 aromatic rings. The first-order chi connectivity index (χ1) is 19.7. The summed E-state index contributed by atoms with van der Waals surface area (Å²) in [7, 11) is -3.88. The SMILES string of the molecule is CCCNC(=O)[C@H](Cc1ccccc1)N(Cc1ccccc1C)C(=O)CN(c1ccc2c(c1)OCCO2)S(C)(=O)=O. The molecule has 1 heterocycles. The molecule has 0 radical (unpaired) electrons. The van der Waals surface area contributed by atoms with E-state index in [1.54, 1.807) is 18.2 Å². The van der Waals surface area contributed by atoms with Gasteiger partial charge in [0, 0.05) is 25.6 Å². The lowest BCUT2D eigenvalue weighted by molar-refractivity contribution is -0.140. The Kier molecular flexibility index (Phi) is 9.88. The second-order valence-corrected chi connectivity index (χ2v) is 11.9. The molecular weight excluding hydrogens is 542 g/mol. The topological polar surface area (TPSA) is 105 Å². The highest BCUT2D eigenvalue weighted by Gasteiger charge is 2.33. The molecule has 2 amide bonds. The van der Waals surface area contributed by atoms with Gasteiger partial charge < -0.3 is 19.7 Å². The molecule has 1 N–H and O–H groups in total. The lowest BCUT2D eigenvalue weighted by Gasteiger charge is -2.34. The fraction of sp³-hybridized carbons (Fsp3) is 0.355. The van der Waals surface area contributed by atoms with Crippen molar-refractivity contribution in [2.24, 2.45) is 0 Å². The molecule has 1 aliphatic heterocycles. The summed E-state index contributed by atoms with van der Waals surface area (Å²) in [6.07, 6.45) is 2.07. The van der Waals surface area contributed by atoms with Gasteiger partial charge in [-0.15, -0.1) is 0 Å². The van der Waals surface area contributed by atoms with E-state index in [-0.39, 0.29) is 24.6 Å². The number of hydrogen-bond donors (Lipinski definition) is 1. The predicted molar refractivity (Wildman–Crippen MR) is 159 cm³/mol. The van der Waals surface area contributed by atoms with Crippen LogP contribution in [0.25, 0.3) is 0 Å². The van der Waals surface area contributed by atoms with Crippen molar-refractivity contribution in [3.05, 3.63) is 89.5 Å². The summed E-state index contributed by atoms with van der Waals surface area (Å²) in [6.45, 7) is 4.75. The summed E-state index contributed by atoms with van der Waals surface area (Å²) in [5, 5.41) is 2.94. The summed E-state index contributed by atoms with van der Waals surface area (Å²) in [6, 6.07) is 21.0. The van der Waals surface area contributed by atoms with E-state index in [1.807, 2.05) is 68.4 Å². The summed E-state index contributed by atoms with van der Waals surface area (Å²) >= 11 is 0. The highest BCUT2D eigenvalue weighted by Crippen LogP contribution is 2.34. The predicted octanol–water partition coefficient (Wildman–Crippen LogP) is 3.70. The Morgan fingerprint density at radius 1 is 0.951 bits per heavy atom. The highest BCUT2D eigenvalue weighted by molar-refractivity contribution is 7.92. The van der Waals surface area contributed by atoms with Crippen LogP contribution >= 0.6 is 0 Å². The first kappa shape index (κ1) is 29.9. The van der Waals surface area contributed by atoms with Crippen molar-refractivity contribution in [2.75, 3.05) is 36.9 Å². The van der Waals surface area contributed by atoms with Crippen molar-refractivity contribution < 1.29 is 27.5 Å². The van der Waals surface area contributed by atoms with E-state index in [1.165, 1.54) is 4.90 Å². The fourth-order valence-electron chi connectivity index (χ4n) is 4.69. The largest absolute Gasteiger partial charge is 0.486 e. The van der Waals surface area contributed by atoms with Crippen LogP contribution in [0, 0.1) is 6.92 Å². The summed E-state index contributed by atoms with van der Waals surface area (Å²) in [5.74, 6) is 0.132. The van der Waals surface area contributed by atoms with E-state index in [0.717, 1.165) is 33.7 Å². The van der Waals surface area contributed by atoms with Gasteiger partial charge >= 0.3 is 0 Å². The van der Waals surface area contributed by atoms with Crippen LogP contribution < -0.4 is 19.1 Å². The Hall–Kier alpha value is -4.05. The van der Waals surface area contributed by atoms with Crippen LogP contribution in [0.1, 0.15) is 30.0 Å². The molecule has 0 unspecified atom stereocenters. The van der Waals surface area contributed by atoms with Crippen LogP contribution in [0.5, 0.6) is 11.5 Å². The first-order valence-electron chi connectivity index (χ1n) is 13.7. The van der Waals surface area contributed by atoms with Crippen LogP contribution in [-0.2, 0) is 32.6 Å². The molecule has 0 fully saturated rings. The van der Waals surface area contributed by atoms with Crippen molar-refractivity contribution in [1.82, 2.24) is 10.2 Å². The summed E-state index contributed by atoms with van der Waals surface area (Å²) in [5.41, 5.74) is 2.99. The number of fused-ring (bicyclic) bond motifs is 1. The molecule has 0 saturated carbocycles. The highest BCUT2D eigenvalue weighted by atomic mass is 32.2. The van der Waals surface area contributed by atoms with Crippen molar-refractivity contribution in [2.45, 2.75) is 39.3 Å². The molecule has 9 nitrogen and oxygen atoms in total. The molecular formula is C31H37N3O6S. The van der Waals surface area contributed by atoms with Gasteiger partial charge in [0.15, 0.2) is 11.5 Å². The second kappa shape index (κ2) is 13.5. The number of nitrogens with one attached hydrogen (secondary N) is 1. The average Bonchev–Trinajstić information content (AvgIpc) is 2.97. The minimum Gasteiger partial charge on any atom is -0.486 e. The van der Waals surface area contributed by atoms with Crippen molar-refractivity contribution in [3.63, 3.8) is 0 Å². The Bertz CT molecular complexity index is 1460. The van der Waals surface area contributed by atoms with Crippen LogP contribution in [0.2, 0.25) is 0 Å². The Morgan fingerprint density at radius 3 is 2.32 bits per heavy atom. The van der Waals surface area contributed by atoms with Gasteiger partial charge in [-0.25, -0.2) is 8.42 Å². The summed E-state index contributed by atoms with van der Waals surface area (Å²) in [4.78, 5) is 29.2. The Labute approximate surface area is 242 Å². The standard InChI is InChI=1S/C31H37N3O6S/c1-4-16-32-31(36)27(19-24-11-6-5-7-12-24)33(21-25-13-9-8-10-23(25)2)30(35)22-34(41(3,37)38)26-14-15-28-29(20-26)40-18-17-39-28/h5-15,20,27H,4,16-19,21-22H2,1-3H3,(H,32,36)/t27-/m0/s1. The van der Waals surface area contributed by atoms with Gasteiger partial charge in [-0.1, -0.05) is 61.5 Å². The molecule has 0 spiro atoms. The molecule has 1 atom stereocenters. The zero-order chi connectivity index (χ0) is 29.4. The van der Waals surface area contributed by atoms with E-state index in [0.29, 0.717) is 31.3 Å². The van der Waals surface area contributed by atoms with Crippen molar-refractivity contribution in [3.8, 4) is 11.5 Å². The second-order valence-electron chi connectivity index (χ2n) is 10.0. The maximum absolute atomic E-state index is 14.2. The lowest BCUT2D eigenvalue weighted by Crippen LogP contribution is -2.53. The van der Waals surface area contributed by atoms with Crippen LogP contribution in [-0.4, -0.2) is 63.7 Å². The number of carbonyl (C=O) groups is 2. The maximum Gasteiger partial charge on any atom is 0.244 e. The zero-order valence-electron chi connectivity index (χ0n) is 23.7. The van der Waals surface area contributed by atoms with Crippen molar-refractivity contribution >= 4 is 27.5 Å². The fourth-order valence-corrected chi connectivity index (χ4v) is 5.53. The van der Waals surface area contributed by atoms with Gasteiger partial charge in [0.1, 0.15) is 25.8 Å². The average molecular weight is 580 g/mol. The van der Waals surface area contributed by atoms with E-state index in [9.17, 15) is 18.0 Å². The molecule has 10 heteroatoms. The Morgan fingerprint density at radius 2 is 1.63 bits per heavy atom. The molecule has 41 heavy (non-hydrogen) atoms. The van der Waals surface area contributed by atoms with Crippen molar-refractivity contribution in [1.29, 1.82) is 0 Å². The molecule has 0 saturated heterocycles. The number of nitrogens with zero attached hydrogens (tertiary/aromatic N) is 2. The third kappa shape index (κ3) is 7.79. The minimum absolute atomic E-state index is 0.140. The number of hydrogen-bond acceptors (Lipinski definition) is 6. The number of ether oxygens (including phenoxy) is 2. The summed E-state index contributed by atoms with van der Waals surface area (Å²) < 4.78 is 38.3. The maximum atomic E-state index is 14.2. The molecule has 0 bridgehead atoms. The first-order valence-corrected chi connectivity index (χ1v) is 15.5. The van der Waals surface area contributed by atoms with Crippen LogP contribution in [0.15, 0.2) is 72.8 Å². The Balaban J connectivity index is 1.73. The monoisotopic (exact) mass is 579 g/mol. The molecule has 4 rings (SSSR count). The molecule has 218 valence electrons. The molecule has 0 aromatic heterocycles. The quantitative estimate of drug-likeness (QED) is 0.351. The van der Waals surface area contributed by atoms with E-state index in [4.69, 9.17) is 9.47 Å². The number of amides is 2. The van der Waals surface area contributed by atoms with E-state index in [2.05, 4.69) is 5.32 Å². The normalized spacial score (nSPS) is 13.2. The third-order valence-electron chi connectivity index (χ3n) is 6.92. The van der Waals surface area contributed by atoms with Crippen LogP contribution in [0.3, 0.4) is 0 Å². The lowest BCUT2D eigenvalue weighted by atomic mass is 10.0. The number of benzene rings is 3. The van der Waals surface area contributed by atoms with Gasteiger partial charge in [-0.2, -0.15) is 0 Å². The third-order valence-corrected chi connectivity index (χ3v) is 8.06.